The van der Waals surface area contributed by atoms with E-state index in [1.807, 2.05) is 0 Å². The van der Waals surface area contributed by atoms with E-state index in [0.29, 0.717) is 19.3 Å². The molecule has 0 aromatic heterocycles. The third-order valence-electron chi connectivity index (χ3n) is 13.3. The number of hydrogen-bond acceptors (Lipinski definition) is 6. The summed E-state index contributed by atoms with van der Waals surface area (Å²) in [5.74, 6) is -0.982. The van der Waals surface area contributed by atoms with Gasteiger partial charge in [0, 0.05) is 19.3 Å². The van der Waals surface area contributed by atoms with E-state index in [9.17, 15) is 14.4 Å². The first-order chi connectivity index (χ1) is 39.0. The highest BCUT2D eigenvalue weighted by atomic mass is 16.6. The van der Waals surface area contributed by atoms with Crippen molar-refractivity contribution >= 4 is 17.9 Å². The summed E-state index contributed by atoms with van der Waals surface area (Å²) in [5, 5.41) is 0. The van der Waals surface area contributed by atoms with Gasteiger partial charge in [0.25, 0.3) is 0 Å². The van der Waals surface area contributed by atoms with Crippen LogP contribution in [-0.2, 0) is 28.6 Å². The summed E-state index contributed by atoms with van der Waals surface area (Å²) in [4.78, 5) is 37.9. The van der Waals surface area contributed by atoms with Gasteiger partial charge in [-0.1, -0.05) is 282 Å². The third kappa shape index (κ3) is 64.0. The Balaban J connectivity index is 4.18. The van der Waals surface area contributed by atoms with Gasteiger partial charge in [0.15, 0.2) is 6.10 Å². The van der Waals surface area contributed by atoms with E-state index in [1.54, 1.807) is 0 Å². The van der Waals surface area contributed by atoms with Gasteiger partial charge in [0.1, 0.15) is 13.2 Å². The molecule has 0 aliphatic rings. The van der Waals surface area contributed by atoms with Gasteiger partial charge in [0.05, 0.1) is 0 Å². The molecule has 0 fully saturated rings. The van der Waals surface area contributed by atoms with Crippen molar-refractivity contribution < 1.29 is 28.6 Å². The maximum atomic E-state index is 12.8. The molecular formula is C73H118O6. The fraction of sp³-hybridized carbons (Fsp3) is 0.630. The van der Waals surface area contributed by atoms with Gasteiger partial charge in [-0.3, -0.25) is 14.4 Å². The molecule has 0 spiro atoms. The zero-order valence-electron chi connectivity index (χ0n) is 51.1. The Labute approximate surface area is 487 Å². The number of esters is 3. The lowest BCUT2D eigenvalue weighted by atomic mass is 10.0. The Morgan fingerprint density at radius 1 is 0.266 bits per heavy atom. The van der Waals surface area contributed by atoms with E-state index in [0.717, 1.165) is 128 Å². The van der Waals surface area contributed by atoms with E-state index in [4.69, 9.17) is 14.2 Å². The minimum atomic E-state index is -0.805. The number of unbranched alkanes of at least 4 members (excludes halogenated alkanes) is 22. The molecule has 0 radical (unpaired) electrons. The van der Waals surface area contributed by atoms with Gasteiger partial charge < -0.3 is 14.2 Å². The maximum absolute atomic E-state index is 12.8. The molecule has 446 valence electrons. The second-order valence-corrected chi connectivity index (χ2v) is 20.9. The zero-order chi connectivity index (χ0) is 57.1. The minimum Gasteiger partial charge on any atom is -0.462 e. The summed E-state index contributed by atoms with van der Waals surface area (Å²) >= 11 is 0. The van der Waals surface area contributed by atoms with Crippen LogP contribution >= 0.6 is 0 Å². The molecule has 0 aliphatic carbocycles. The molecule has 0 aromatic carbocycles. The highest BCUT2D eigenvalue weighted by Gasteiger charge is 2.19. The molecule has 0 N–H and O–H groups in total. The van der Waals surface area contributed by atoms with Gasteiger partial charge >= 0.3 is 17.9 Å². The van der Waals surface area contributed by atoms with Crippen molar-refractivity contribution in [3.05, 3.63) is 146 Å². The molecule has 6 heteroatoms. The normalized spacial score (nSPS) is 13.1. The molecule has 0 saturated heterocycles. The van der Waals surface area contributed by atoms with Crippen molar-refractivity contribution in [2.45, 2.75) is 284 Å². The summed E-state index contributed by atoms with van der Waals surface area (Å²) in [7, 11) is 0. The molecule has 6 nitrogen and oxygen atoms in total. The van der Waals surface area contributed by atoms with E-state index in [-0.39, 0.29) is 37.5 Å². The molecule has 0 heterocycles. The summed E-state index contributed by atoms with van der Waals surface area (Å²) in [6.07, 6.45) is 94.8. The largest absolute Gasteiger partial charge is 0.462 e. The van der Waals surface area contributed by atoms with Crippen molar-refractivity contribution in [3.63, 3.8) is 0 Å². The van der Waals surface area contributed by atoms with Crippen LogP contribution in [0.15, 0.2) is 146 Å². The van der Waals surface area contributed by atoms with Crippen LogP contribution in [0.5, 0.6) is 0 Å². The molecule has 1 unspecified atom stereocenters. The van der Waals surface area contributed by atoms with E-state index in [2.05, 4.69) is 167 Å². The highest BCUT2D eigenvalue weighted by Crippen LogP contribution is 2.15. The Morgan fingerprint density at radius 2 is 0.506 bits per heavy atom. The quantitative estimate of drug-likeness (QED) is 0.0261. The molecule has 79 heavy (non-hydrogen) atoms. The smallest absolute Gasteiger partial charge is 0.306 e. The number of allylic oxidation sites excluding steroid dienone is 24. The Kier molecular flexibility index (Phi) is 61.9. The second kappa shape index (κ2) is 65.8. The standard InChI is InChI=1S/C73H118O6/c1-4-7-10-13-15-17-19-21-23-25-27-29-31-33-35-36-38-39-41-43-45-47-49-51-53-55-57-60-63-66-72(75)78-69-70(68-77-71(74)65-62-59-12-9-6-3)79-73(76)67-64-61-58-56-54-52-50-48-46-44-42-40-37-34-32-30-28-26-24-22-20-18-16-14-11-8-5-2/h7,10,15,17,20-23,26-29,32-35,38-39,43,45,49,51,55,57,70H,4-6,8-9,11-14,16,18-19,24-25,30-31,36-37,40-42,44,46-48,50,52-54,56,58-69H2,1-3H3/b10-7-,17-15-,22-20-,23-21-,28-26-,29-27-,34-32-,35-33-,39-38-,45-43-,51-49-,57-55-. The lowest BCUT2D eigenvalue weighted by Gasteiger charge is -2.18. The van der Waals surface area contributed by atoms with Crippen molar-refractivity contribution in [1.29, 1.82) is 0 Å². The minimum absolute atomic E-state index is 0.102. The van der Waals surface area contributed by atoms with Crippen LogP contribution in [0.1, 0.15) is 278 Å². The Hall–Kier alpha value is -4.71. The molecule has 0 rings (SSSR count). The fourth-order valence-corrected chi connectivity index (χ4v) is 8.51. The van der Waals surface area contributed by atoms with Gasteiger partial charge in [-0.05, 0) is 122 Å². The molecule has 0 bridgehead atoms. The van der Waals surface area contributed by atoms with Gasteiger partial charge in [-0.15, -0.1) is 0 Å². The van der Waals surface area contributed by atoms with Crippen LogP contribution in [0.3, 0.4) is 0 Å². The van der Waals surface area contributed by atoms with E-state index >= 15 is 0 Å². The van der Waals surface area contributed by atoms with Crippen molar-refractivity contribution in [1.82, 2.24) is 0 Å². The van der Waals surface area contributed by atoms with Crippen LogP contribution in [0.4, 0.5) is 0 Å². The number of carbonyl (C=O) groups excluding carboxylic acids is 3. The van der Waals surface area contributed by atoms with Crippen LogP contribution in [0.25, 0.3) is 0 Å². The first kappa shape index (κ1) is 74.3. The predicted octanol–water partition coefficient (Wildman–Crippen LogP) is 22.3. The SMILES string of the molecule is CC/C=C\C/C=C\C/C=C\C/C=C\C/C=C\C/C=C\C/C=C\C/C=C\C/C=C\CCCC(=O)OCC(COC(=O)CCCCCCC)OC(=O)CCCCCCCCCCCCCC/C=C\C/C=C\C/C=C\CCCCCCC. The summed E-state index contributed by atoms with van der Waals surface area (Å²) < 4.78 is 16.7. The maximum Gasteiger partial charge on any atom is 0.306 e. The van der Waals surface area contributed by atoms with Crippen LogP contribution in [0, 0.1) is 0 Å². The molecule has 0 saturated carbocycles. The predicted molar refractivity (Wildman–Crippen MR) is 343 cm³/mol. The van der Waals surface area contributed by atoms with E-state index in [1.165, 1.54) is 103 Å². The number of carbonyl (C=O) groups is 3. The fourth-order valence-electron chi connectivity index (χ4n) is 8.51. The average molecular weight is 1090 g/mol. The third-order valence-corrected chi connectivity index (χ3v) is 13.3. The zero-order valence-corrected chi connectivity index (χ0v) is 51.1. The second-order valence-electron chi connectivity index (χ2n) is 20.9. The Morgan fingerprint density at radius 3 is 0.823 bits per heavy atom. The summed E-state index contributed by atoms with van der Waals surface area (Å²) in [5.41, 5.74) is 0. The molecule has 0 amide bonds. The van der Waals surface area contributed by atoms with E-state index < -0.39 is 6.10 Å². The van der Waals surface area contributed by atoms with Gasteiger partial charge in [-0.2, -0.15) is 0 Å². The Bertz CT molecular complexity index is 1730. The number of rotatable bonds is 57. The van der Waals surface area contributed by atoms with Crippen molar-refractivity contribution in [3.8, 4) is 0 Å². The lowest BCUT2D eigenvalue weighted by Crippen LogP contribution is -2.30. The topological polar surface area (TPSA) is 78.9 Å². The summed E-state index contributed by atoms with van der Waals surface area (Å²) in [6.45, 7) is 6.38. The highest BCUT2D eigenvalue weighted by molar-refractivity contribution is 5.71. The van der Waals surface area contributed by atoms with Crippen LogP contribution in [0.2, 0.25) is 0 Å². The van der Waals surface area contributed by atoms with Gasteiger partial charge in [-0.25, -0.2) is 0 Å². The molecular weight excluding hydrogens is 973 g/mol. The van der Waals surface area contributed by atoms with Gasteiger partial charge in [0.2, 0.25) is 0 Å². The van der Waals surface area contributed by atoms with Crippen LogP contribution < -0.4 is 0 Å². The molecule has 0 aliphatic heterocycles. The lowest BCUT2D eigenvalue weighted by molar-refractivity contribution is -0.167. The van der Waals surface area contributed by atoms with Crippen LogP contribution in [-0.4, -0.2) is 37.2 Å². The average Bonchev–Trinajstić information content (AvgIpc) is 3.45. The first-order valence-corrected chi connectivity index (χ1v) is 32.3. The van der Waals surface area contributed by atoms with Crippen molar-refractivity contribution in [2.75, 3.05) is 13.2 Å². The molecule has 1 atom stereocenters. The number of hydrogen-bond donors (Lipinski definition) is 0. The monoisotopic (exact) mass is 1090 g/mol. The summed E-state index contributed by atoms with van der Waals surface area (Å²) in [6, 6.07) is 0. The first-order valence-electron chi connectivity index (χ1n) is 32.3. The van der Waals surface area contributed by atoms with Crippen molar-refractivity contribution in [2.24, 2.45) is 0 Å². The number of ether oxygens (including phenoxy) is 3. The molecule has 0 aromatic rings.